The zero-order valence-electron chi connectivity index (χ0n) is 12.2. The number of rotatable bonds is 5. The SMILES string of the molecule is O=Cc1ccc(-c2ccccc2)cc1NCc1ccccc1. The molecule has 0 aliphatic heterocycles. The second-order valence-electron chi connectivity index (χ2n) is 5.13. The fourth-order valence-electron chi connectivity index (χ4n) is 2.42. The molecule has 2 nitrogen and oxygen atoms in total. The molecule has 3 aromatic carbocycles. The fraction of sp³-hybridized carbons (Fsp3) is 0.0500. The molecule has 2 heteroatoms. The zero-order valence-corrected chi connectivity index (χ0v) is 12.2. The summed E-state index contributed by atoms with van der Waals surface area (Å²) in [5.41, 5.74) is 4.96. The van der Waals surface area contributed by atoms with E-state index in [2.05, 4.69) is 29.6 Å². The molecule has 3 rings (SSSR count). The number of carbonyl (C=O) groups is 1. The van der Waals surface area contributed by atoms with Crippen molar-refractivity contribution in [3.63, 3.8) is 0 Å². The van der Waals surface area contributed by atoms with Crippen molar-refractivity contribution in [2.75, 3.05) is 5.32 Å². The molecular weight excluding hydrogens is 270 g/mol. The molecular formula is C20H17NO. The van der Waals surface area contributed by atoms with Crippen LogP contribution in [0, 0.1) is 0 Å². The van der Waals surface area contributed by atoms with Gasteiger partial charge in [-0.05, 0) is 28.8 Å². The Morgan fingerprint density at radius 3 is 2.14 bits per heavy atom. The molecule has 0 fully saturated rings. The van der Waals surface area contributed by atoms with E-state index < -0.39 is 0 Å². The summed E-state index contributed by atoms with van der Waals surface area (Å²) in [4.78, 5) is 11.2. The van der Waals surface area contributed by atoms with E-state index in [9.17, 15) is 4.79 Å². The van der Waals surface area contributed by atoms with Crippen LogP contribution < -0.4 is 5.32 Å². The van der Waals surface area contributed by atoms with Crippen molar-refractivity contribution in [1.29, 1.82) is 0 Å². The molecule has 3 aromatic rings. The summed E-state index contributed by atoms with van der Waals surface area (Å²) in [7, 11) is 0. The van der Waals surface area contributed by atoms with Gasteiger partial charge in [0.05, 0.1) is 0 Å². The molecule has 0 heterocycles. The number of anilines is 1. The lowest BCUT2D eigenvalue weighted by molar-refractivity contribution is 0.112. The smallest absolute Gasteiger partial charge is 0.152 e. The topological polar surface area (TPSA) is 29.1 Å². The van der Waals surface area contributed by atoms with Gasteiger partial charge in [-0.3, -0.25) is 4.79 Å². The molecule has 0 spiro atoms. The summed E-state index contributed by atoms with van der Waals surface area (Å²) in [6, 6.07) is 26.2. The molecule has 0 saturated heterocycles. The average Bonchev–Trinajstić information content (AvgIpc) is 2.61. The monoisotopic (exact) mass is 287 g/mol. The van der Waals surface area contributed by atoms with Crippen LogP contribution in [0.3, 0.4) is 0 Å². The molecule has 0 saturated carbocycles. The second kappa shape index (κ2) is 6.72. The van der Waals surface area contributed by atoms with E-state index in [1.807, 2.05) is 54.6 Å². The van der Waals surface area contributed by atoms with E-state index in [1.165, 1.54) is 5.56 Å². The van der Waals surface area contributed by atoms with Gasteiger partial charge in [-0.15, -0.1) is 0 Å². The molecule has 0 bridgehead atoms. The van der Waals surface area contributed by atoms with E-state index in [1.54, 1.807) is 0 Å². The van der Waals surface area contributed by atoms with E-state index >= 15 is 0 Å². The van der Waals surface area contributed by atoms with Crippen LogP contribution in [-0.4, -0.2) is 6.29 Å². The van der Waals surface area contributed by atoms with Crippen LogP contribution in [0.4, 0.5) is 5.69 Å². The Morgan fingerprint density at radius 2 is 1.45 bits per heavy atom. The molecule has 1 N–H and O–H groups in total. The third-order valence-corrected chi connectivity index (χ3v) is 3.61. The standard InChI is InChI=1S/C20H17NO/c22-15-19-12-11-18(17-9-5-2-6-10-17)13-20(19)21-14-16-7-3-1-4-8-16/h1-13,15,21H,14H2. The minimum atomic E-state index is 0.676. The maximum absolute atomic E-state index is 11.2. The van der Waals surface area contributed by atoms with Crippen molar-refractivity contribution >= 4 is 12.0 Å². The summed E-state index contributed by atoms with van der Waals surface area (Å²) in [6.07, 6.45) is 0.891. The van der Waals surface area contributed by atoms with Crippen molar-refractivity contribution in [3.05, 3.63) is 90.0 Å². The van der Waals surface area contributed by atoms with Gasteiger partial charge < -0.3 is 5.32 Å². The van der Waals surface area contributed by atoms with Crippen LogP contribution in [0.15, 0.2) is 78.9 Å². The highest BCUT2D eigenvalue weighted by Crippen LogP contribution is 2.25. The van der Waals surface area contributed by atoms with Crippen LogP contribution in [-0.2, 0) is 6.54 Å². The van der Waals surface area contributed by atoms with Gasteiger partial charge in [0.15, 0.2) is 6.29 Å². The first kappa shape index (κ1) is 14.1. The average molecular weight is 287 g/mol. The third kappa shape index (κ3) is 3.23. The maximum atomic E-state index is 11.2. The Bertz CT molecular complexity index is 751. The van der Waals surface area contributed by atoms with Crippen molar-refractivity contribution in [3.8, 4) is 11.1 Å². The first-order chi connectivity index (χ1) is 10.9. The largest absolute Gasteiger partial charge is 0.380 e. The van der Waals surface area contributed by atoms with Gasteiger partial charge in [-0.1, -0.05) is 66.7 Å². The molecule has 0 amide bonds. The Morgan fingerprint density at radius 1 is 0.773 bits per heavy atom. The first-order valence-corrected chi connectivity index (χ1v) is 7.29. The predicted octanol–water partition coefficient (Wildman–Crippen LogP) is 4.78. The molecule has 0 unspecified atom stereocenters. The summed E-state index contributed by atoms with van der Waals surface area (Å²) < 4.78 is 0. The normalized spacial score (nSPS) is 10.2. The van der Waals surface area contributed by atoms with Gasteiger partial charge in [0.25, 0.3) is 0 Å². The summed E-state index contributed by atoms with van der Waals surface area (Å²) in [5.74, 6) is 0. The van der Waals surface area contributed by atoms with E-state index in [-0.39, 0.29) is 0 Å². The number of benzene rings is 3. The predicted molar refractivity (Wildman–Crippen MR) is 91.0 cm³/mol. The molecule has 0 radical (unpaired) electrons. The minimum Gasteiger partial charge on any atom is -0.380 e. The quantitative estimate of drug-likeness (QED) is 0.684. The number of hydrogen-bond donors (Lipinski definition) is 1. The third-order valence-electron chi connectivity index (χ3n) is 3.61. The number of hydrogen-bond acceptors (Lipinski definition) is 2. The fourth-order valence-corrected chi connectivity index (χ4v) is 2.42. The van der Waals surface area contributed by atoms with Crippen LogP contribution in [0.1, 0.15) is 15.9 Å². The summed E-state index contributed by atoms with van der Waals surface area (Å²) in [5, 5.41) is 3.36. The highest BCUT2D eigenvalue weighted by Gasteiger charge is 2.05. The van der Waals surface area contributed by atoms with Gasteiger partial charge >= 0.3 is 0 Å². The van der Waals surface area contributed by atoms with Gasteiger partial charge in [-0.25, -0.2) is 0 Å². The Kier molecular flexibility index (Phi) is 4.30. The minimum absolute atomic E-state index is 0.676. The highest BCUT2D eigenvalue weighted by atomic mass is 16.1. The lowest BCUT2D eigenvalue weighted by atomic mass is 10.0. The number of nitrogens with one attached hydrogen (secondary N) is 1. The van der Waals surface area contributed by atoms with Crippen LogP contribution in [0.25, 0.3) is 11.1 Å². The van der Waals surface area contributed by atoms with Crippen molar-refractivity contribution in [2.24, 2.45) is 0 Å². The van der Waals surface area contributed by atoms with Gasteiger partial charge in [0, 0.05) is 17.8 Å². The molecule has 0 aliphatic carbocycles. The maximum Gasteiger partial charge on any atom is 0.152 e. The number of aldehydes is 1. The van der Waals surface area contributed by atoms with Crippen LogP contribution in [0.5, 0.6) is 0 Å². The molecule has 0 aliphatic rings. The Labute approximate surface area is 130 Å². The van der Waals surface area contributed by atoms with Crippen LogP contribution >= 0.6 is 0 Å². The van der Waals surface area contributed by atoms with Crippen molar-refractivity contribution in [2.45, 2.75) is 6.54 Å². The zero-order chi connectivity index (χ0) is 15.2. The van der Waals surface area contributed by atoms with E-state index in [0.29, 0.717) is 12.1 Å². The van der Waals surface area contributed by atoms with E-state index in [0.717, 1.165) is 23.1 Å². The number of carbonyl (C=O) groups excluding carboxylic acids is 1. The molecule has 0 atom stereocenters. The second-order valence-corrected chi connectivity index (χ2v) is 5.13. The molecule has 0 aromatic heterocycles. The highest BCUT2D eigenvalue weighted by molar-refractivity contribution is 5.86. The van der Waals surface area contributed by atoms with E-state index in [4.69, 9.17) is 0 Å². The lowest BCUT2D eigenvalue weighted by Gasteiger charge is -2.11. The lowest BCUT2D eigenvalue weighted by Crippen LogP contribution is -2.02. The summed E-state index contributed by atoms with van der Waals surface area (Å²) >= 11 is 0. The summed E-state index contributed by atoms with van der Waals surface area (Å²) in [6.45, 7) is 0.694. The van der Waals surface area contributed by atoms with Gasteiger partial charge in [-0.2, -0.15) is 0 Å². The molecule has 108 valence electrons. The van der Waals surface area contributed by atoms with Gasteiger partial charge in [0.2, 0.25) is 0 Å². The molecule has 22 heavy (non-hydrogen) atoms. The van der Waals surface area contributed by atoms with Crippen LogP contribution in [0.2, 0.25) is 0 Å². The Balaban J connectivity index is 1.87. The van der Waals surface area contributed by atoms with Crippen molar-refractivity contribution in [1.82, 2.24) is 0 Å². The Hall–Kier alpha value is -2.87. The van der Waals surface area contributed by atoms with Gasteiger partial charge in [0.1, 0.15) is 0 Å². The first-order valence-electron chi connectivity index (χ1n) is 7.29. The van der Waals surface area contributed by atoms with Crippen molar-refractivity contribution < 1.29 is 4.79 Å².